The fourth-order valence-corrected chi connectivity index (χ4v) is 3.45. The van der Waals surface area contributed by atoms with Gasteiger partial charge in [0, 0.05) is 7.05 Å². The number of rotatable bonds is 7. The van der Waals surface area contributed by atoms with Crippen molar-refractivity contribution in [1.82, 2.24) is 15.4 Å². The molecule has 3 amide bonds. The quantitative estimate of drug-likeness (QED) is 0.434. The normalized spacial score (nSPS) is 14.5. The van der Waals surface area contributed by atoms with Gasteiger partial charge in [-0.25, -0.2) is 13.2 Å². The molecule has 3 unspecified atom stereocenters. The highest BCUT2D eigenvalue weighted by Crippen LogP contribution is 2.25. The van der Waals surface area contributed by atoms with Crippen LogP contribution >= 0.6 is 23.2 Å². The highest BCUT2D eigenvalue weighted by Gasteiger charge is 2.33. The molecule has 156 valence electrons. The van der Waals surface area contributed by atoms with Crippen LogP contribution in [0.1, 0.15) is 13.8 Å². The number of ether oxygens (including phenoxy) is 1. The number of esters is 1. The number of aliphatic hydroxyl groups excluding tert-OH is 1. The van der Waals surface area contributed by atoms with Crippen LogP contribution in [0.2, 0.25) is 10.0 Å². The Kier molecular flexibility index (Phi) is 8.64. The molecular formula is C15H19Cl2N3O7S. The molecule has 0 saturated heterocycles. The van der Waals surface area contributed by atoms with Crippen LogP contribution < -0.4 is 15.4 Å². The summed E-state index contributed by atoms with van der Waals surface area (Å²) in [6.07, 6.45) is -2.93. The van der Waals surface area contributed by atoms with E-state index in [9.17, 15) is 27.9 Å². The minimum Gasteiger partial charge on any atom is -0.451 e. The summed E-state index contributed by atoms with van der Waals surface area (Å²) in [5, 5.41) is 13.9. The molecule has 0 radical (unpaired) electrons. The zero-order valence-electron chi connectivity index (χ0n) is 15.0. The Balaban J connectivity index is 2.94. The van der Waals surface area contributed by atoms with Crippen molar-refractivity contribution in [2.45, 2.75) is 37.0 Å². The number of carbonyl (C=O) groups excluding carboxylic acids is 3. The van der Waals surface area contributed by atoms with Crippen molar-refractivity contribution < 1.29 is 32.6 Å². The minimum absolute atomic E-state index is 0.0276. The summed E-state index contributed by atoms with van der Waals surface area (Å²) >= 11 is 11.5. The highest BCUT2D eigenvalue weighted by atomic mass is 35.5. The molecule has 0 aromatic heterocycles. The number of urea groups is 1. The molecule has 0 spiro atoms. The maximum absolute atomic E-state index is 12.5. The number of amides is 3. The largest absolute Gasteiger partial charge is 0.451 e. The number of hydrogen-bond donors (Lipinski definition) is 4. The van der Waals surface area contributed by atoms with E-state index >= 15 is 0 Å². The van der Waals surface area contributed by atoms with E-state index in [1.54, 1.807) is 0 Å². The Bertz CT molecular complexity index is 861. The molecule has 3 atom stereocenters. The van der Waals surface area contributed by atoms with E-state index in [1.165, 1.54) is 20.0 Å². The Morgan fingerprint density at radius 2 is 1.75 bits per heavy atom. The molecule has 0 heterocycles. The van der Waals surface area contributed by atoms with E-state index in [2.05, 4.69) is 5.32 Å². The van der Waals surface area contributed by atoms with Gasteiger partial charge in [0.25, 0.3) is 5.91 Å². The Labute approximate surface area is 171 Å². The van der Waals surface area contributed by atoms with Gasteiger partial charge in [0.2, 0.25) is 10.0 Å². The summed E-state index contributed by atoms with van der Waals surface area (Å²) in [5.74, 6) is -2.16. The van der Waals surface area contributed by atoms with Gasteiger partial charge in [0.15, 0.2) is 6.10 Å². The molecule has 28 heavy (non-hydrogen) atoms. The van der Waals surface area contributed by atoms with Crippen LogP contribution in [0.25, 0.3) is 0 Å². The molecule has 0 aliphatic heterocycles. The number of imide groups is 1. The van der Waals surface area contributed by atoms with Crippen molar-refractivity contribution in [3.05, 3.63) is 28.2 Å². The van der Waals surface area contributed by atoms with Crippen LogP contribution in [-0.4, -0.2) is 56.7 Å². The van der Waals surface area contributed by atoms with E-state index in [-0.39, 0.29) is 14.9 Å². The lowest BCUT2D eigenvalue weighted by Crippen LogP contribution is -2.51. The van der Waals surface area contributed by atoms with Gasteiger partial charge in [0.05, 0.1) is 21.0 Å². The van der Waals surface area contributed by atoms with E-state index in [0.29, 0.717) is 0 Å². The van der Waals surface area contributed by atoms with Crippen LogP contribution in [0.5, 0.6) is 0 Å². The van der Waals surface area contributed by atoms with Crippen molar-refractivity contribution in [2.24, 2.45) is 0 Å². The lowest BCUT2D eigenvalue weighted by atomic mass is 10.2. The first-order valence-corrected chi connectivity index (χ1v) is 10.0. The van der Waals surface area contributed by atoms with Crippen LogP contribution in [0, 0.1) is 0 Å². The van der Waals surface area contributed by atoms with E-state index in [4.69, 9.17) is 27.9 Å². The second-order valence-corrected chi connectivity index (χ2v) is 8.09. The molecule has 13 heteroatoms. The van der Waals surface area contributed by atoms with Gasteiger partial charge in [-0.05, 0) is 32.0 Å². The van der Waals surface area contributed by atoms with Crippen molar-refractivity contribution in [1.29, 1.82) is 0 Å². The average molecular weight is 456 g/mol. The van der Waals surface area contributed by atoms with Crippen LogP contribution in [0.15, 0.2) is 23.1 Å². The first-order valence-electron chi connectivity index (χ1n) is 7.77. The first-order chi connectivity index (χ1) is 12.9. The Morgan fingerprint density at radius 3 is 2.25 bits per heavy atom. The lowest BCUT2D eigenvalue weighted by molar-refractivity contribution is -0.158. The van der Waals surface area contributed by atoms with Crippen LogP contribution in [-0.2, 0) is 24.3 Å². The van der Waals surface area contributed by atoms with Crippen molar-refractivity contribution in [3.63, 3.8) is 0 Å². The zero-order valence-corrected chi connectivity index (χ0v) is 17.4. The van der Waals surface area contributed by atoms with Gasteiger partial charge >= 0.3 is 12.0 Å². The molecule has 0 saturated carbocycles. The lowest BCUT2D eigenvalue weighted by Gasteiger charge is -2.22. The van der Waals surface area contributed by atoms with E-state index in [1.807, 2.05) is 10.0 Å². The monoisotopic (exact) mass is 455 g/mol. The van der Waals surface area contributed by atoms with Gasteiger partial charge in [-0.3, -0.25) is 14.9 Å². The third kappa shape index (κ3) is 6.60. The maximum Gasteiger partial charge on any atom is 0.327 e. The topological polar surface area (TPSA) is 151 Å². The molecule has 0 fully saturated rings. The fraction of sp³-hybridized carbons (Fsp3) is 0.400. The second kappa shape index (κ2) is 10.0. The second-order valence-electron chi connectivity index (χ2n) is 5.56. The van der Waals surface area contributed by atoms with Gasteiger partial charge in [-0.15, -0.1) is 0 Å². The third-order valence-electron chi connectivity index (χ3n) is 3.35. The molecule has 1 aromatic rings. The molecule has 0 bridgehead atoms. The van der Waals surface area contributed by atoms with Gasteiger partial charge < -0.3 is 15.2 Å². The van der Waals surface area contributed by atoms with Crippen molar-refractivity contribution in [3.8, 4) is 0 Å². The van der Waals surface area contributed by atoms with Crippen molar-refractivity contribution in [2.75, 3.05) is 7.05 Å². The molecule has 1 aromatic carbocycles. The Morgan fingerprint density at radius 1 is 1.14 bits per heavy atom. The minimum atomic E-state index is -4.29. The number of sulfonamides is 1. The number of benzene rings is 1. The van der Waals surface area contributed by atoms with Gasteiger partial charge in [-0.2, -0.15) is 4.72 Å². The van der Waals surface area contributed by atoms with Crippen LogP contribution in [0.4, 0.5) is 4.79 Å². The molecule has 1 rings (SSSR count). The summed E-state index contributed by atoms with van der Waals surface area (Å²) in [5.41, 5.74) is 0. The number of nitrogens with one attached hydrogen (secondary N) is 3. The molecule has 10 nitrogen and oxygen atoms in total. The van der Waals surface area contributed by atoms with E-state index in [0.717, 1.165) is 19.1 Å². The average Bonchev–Trinajstić information content (AvgIpc) is 2.61. The summed E-state index contributed by atoms with van der Waals surface area (Å²) in [6.45, 7) is 2.32. The first kappa shape index (κ1) is 24.1. The predicted octanol–water partition coefficient (Wildman–Crippen LogP) is 0.408. The smallest absolute Gasteiger partial charge is 0.327 e. The summed E-state index contributed by atoms with van der Waals surface area (Å²) in [4.78, 5) is 34.8. The van der Waals surface area contributed by atoms with Gasteiger partial charge in [0.1, 0.15) is 6.04 Å². The van der Waals surface area contributed by atoms with Crippen molar-refractivity contribution >= 4 is 51.1 Å². The number of aliphatic hydroxyl groups is 1. The summed E-state index contributed by atoms with van der Waals surface area (Å²) in [6, 6.07) is 0.922. The standard InChI is InChI=1S/C15H19Cl2N3O7S/c1-7(21)12(14(23)27-8(2)13(22)19-15(24)18-3)20-28(25,26)9-4-5-10(16)11(17)6-9/h4-8,12,20-21H,1-3H3,(H2,18,19,22,24). The highest BCUT2D eigenvalue weighted by molar-refractivity contribution is 7.89. The summed E-state index contributed by atoms with van der Waals surface area (Å²) in [7, 11) is -3.01. The molecule has 0 aliphatic carbocycles. The molecule has 0 aliphatic rings. The number of carbonyl (C=O) groups is 3. The van der Waals surface area contributed by atoms with Crippen LogP contribution in [0.3, 0.4) is 0 Å². The van der Waals surface area contributed by atoms with Gasteiger partial charge in [-0.1, -0.05) is 23.2 Å². The predicted molar refractivity (Wildman–Crippen MR) is 100 cm³/mol. The third-order valence-corrected chi connectivity index (χ3v) is 5.52. The Hall–Kier alpha value is -1.92. The number of halogens is 2. The summed E-state index contributed by atoms with van der Waals surface area (Å²) < 4.78 is 31.7. The maximum atomic E-state index is 12.5. The van der Waals surface area contributed by atoms with E-state index < -0.39 is 46.2 Å². The number of hydrogen-bond acceptors (Lipinski definition) is 7. The zero-order chi connectivity index (χ0) is 21.6. The fourth-order valence-electron chi connectivity index (χ4n) is 1.80. The SMILES string of the molecule is CNC(=O)NC(=O)C(C)OC(=O)C(NS(=O)(=O)c1ccc(Cl)c(Cl)c1)C(C)O. The molecular weight excluding hydrogens is 437 g/mol. The molecule has 4 N–H and O–H groups in total.